The van der Waals surface area contributed by atoms with Crippen molar-refractivity contribution >= 4 is 27.7 Å². The Morgan fingerprint density at radius 3 is 2.40 bits per heavy atom. The van der Waals surface area contributed by atoms with E-state index < -0.39 is 11.6 Å². The first-order valence-corrected chi connectivity index (χ1v) is 7.90. The first kappa shape index (κ1) is 15.5. The third-order valence-corrected chi connectivity index (χ3v) is 4.49. The molecule has 0 heterocycles. The van der Waals surface area contributed by atoms with Gasteiger partial charge in [-0.2, -0.15) is 0 Å². The van der Waals surface area contributed by atoms with E-state index in [0.717, 1.165) is 21.2 Å². The normalized spacial score (nSPS) is 12.4. The highest BCUT2D eigenvalue weighted by Gasteiger charge is 2.08. The lowest BCUT2D eigenvalue weighted by molar-refractivity contribution is 0.506. The van der Waals surface area contributed by atoms with E-state index in [9.17, 15) is 8.78 Å². The maximum Gasteiger partial charge on any atom is 0.159 e. The monoisotopic (exact) mass is 357 g/mol. The Labute approximate surface area is 129 Å². The summed E-state index contributed by atoms with van der Waals surface area (Å²) in [5.74, 6) is -0.928. The minimum Gasteiger partial charge on any atom is -0.327 e. The van der Waals surface area contributed by atoms with Crippen molar-refractivity contribution in [3.8, 4) is 0 Å². The van der Waals surface area contributed by atoms with Crippen LogP contribution in [0.3, 0.4) is 0 Å². The Morgan fingerprint density at radius 1 is 1.05 bits per heavy atom. The zero-order valence-electron chi connectivity index (χ0n) is 10.7. The van der Waals surface area contributed by atoms with Crippen molar-refractivity contribution in [2.24, 2.45) is 5.73 Å². The van der Waals surface area contributed by atoms with Crippen LogP contribution in [0.15, 0.2) is 51.8 Å². The molecule has 106 valence electrons. The molecule has 0 bridgehead atoms. The largest absolute Gasteiger partial charge is 0.327 e. The SMILES string of the molecule is NC(CSc1ccc(Br)cc1)Cc1ccc(F)c(F)c1. The van der Waals surface area contributed by atoms with Gasteiger partial charge in [0.2, 0.25) is 0 Å². The van der Waals surface area contributed by atoms with Crippen molar-refractivity contribution in [1.82, 2.24) is 0 Å². The molecule has 2 rings (SSSR count). The van der Waals surface area contributed by atoms with Crippen molar-refractivity contribution in [3.63, 3.8) is 0 Å². The van der Waals surface area contributed by atoms with Crippen LogP contribution in [0.25, 0.3) is 0 Å². The predicted molar refractivity (Wildman–Crippen MR) is 82.9 cm³/mol. The fraction of sp³-hybridized carbons (Fsp3) is 0.200. The highest BCUT2D eigenvalue weighted by molar-refractivity contribution is 9.10. The Balaban J connectivity index is 1.87. The number of hydrogen-bond donors (Lipinski definition) is 1. The molecular weight excluding hydrogens is 344 g/mol. The van der Waals surface area contributed by atoms with Gasteiger partial charge in [0.1, 0.15) is 0 Å². The van der Waals surface area contributed by atoms with E-state index in [1.54, 1.807) is 17.8 Å². The summed E-state index contributed by atoms with van der Waals surface area (Å²) in [4.78, 5) is 1.13. The molecule has 0 aliphatic heterocycles. The molecule has 2 aromatic carbocycles. The Hall–Kier alpha value is -0.910. The van der Waals surface area contributed by atoms with Crippen LogP contribution < -0.4 is 5.73 Å². The molecular formula is C15H14BrF2NS. The Bertz CT molecular complexity index is 575. The van der Waals surface area contributed by atoms with E-state index in [1.807, 2.05) is 24.3 Å². The summed E-state index contributed by atoms with van der Waals surface area (Å²) >= 11 is 5.03. The van der Waals surface area contributed by atoms with Gasteiger partial charge in [0.15, 0.2) is 11.6 Å². The summed E-state index contributed by atoms with van der Waals surface area (Å²) in [6, 6.07) is 11.8. The lowest BCUT2D eigenvalue weighted by Crippen LogP contribution is -2.25. The van der Waals surface area contributed by atoms with Gasteiger partial charge < -0.3 is 5.73 Å². The first-order valence-electron chi connectivity index (χ1n) is 6.12. The summed E-state index contributed by atoms with van der Waals surface area (Å²) in [6.07, 6.45) is 0.529. The first-order chi connectivity index (χ1) is 9.54. The van der Waals surface area contributed by atoms with E-state index in [1.165, 1.54) is 6.07 Å². The van der Waals surface area contributed by atoms with Crippen LogP contribution in [0.1, 0.15) is 5.56 Å². The molecule has 0 aliphatic rings. The number of halogens is 3. The molecule has 0 saturated carbocycles. The maximum atomic E-state index is 13.1. The summed E-state index contributed by atoms with van der Waals surface area (Å²) < 4.78 is 27.0. The lowest BCUT2D eigenvalue weighted by atomic mass is 10.1. The Morgan fingerprint density at radius 2 is 1.75 bits per heavy atom. The average molecular weight is 358 g/mol. The van der Waals surface area contributed by atoms with E-state index in [0.29, 0.717) is 12.0 Å². The summed E-state index contributed by atoms with van der Waals surface area (Å²) in [6.45, 7) is 0. The summed E-state index contributed by atoms with van der Waals surface area (Å²) in [5.41, 5.74) is 6.74. The van der Waals surface area contributed by atoms with Crippen molar-refractivity contribution in [3.05, 3.63) is 64.1 Å². The maximum absolute atomic E-state index is 13.1. The van der Waals surface area contributed by atoms with E-state index in [-0.39, 0.29) is 6.04 Å². The van der Waals surface area contributed by atoms with Crippen molar-refractivity contribution < 1.29 is 8.78 Å². The molecule has 5 heteroatoms. The van der Waals surface area contributed by atoms with Gasteiger partial charge in [-0.1, -0.05) is 22.0 Å². The van der Waals surface area contributed by atoms with Gasteiger partial charge in [-0.15, -0.1) is 11.8 Å². The van der Waals surface area contributed by atoms with E-state index in [2.05, 4.69) is 15.9 Å². The van der Waals surface area contributed by atoms with Crippen LogP contribution in [0, 0.1) is 11.6 Å². The number of rotatable bonds is 5. The summed E-state index contributed by atoms with van der Waals surface area (Å²) in [5, 5.41) is 0. The molecule has 0 saturated heterocycles. The third-order valence-electron chi connectivity index (χ3n) is 2.76. The average Bonchev–Trinajstić information content (AvgIpc) is 2.42. The van der Waals surface area contributed by atoms with Gasteiger partial charge >= 0.3 is 0 Å². The highest BCUT2D eigenvalue weighted by atomic mass is 79.9. The lowest BCUT2D eigenvalue weighted by Gasteiger charge is -2.11. The molecule has 0 spiro atoms. The number of hydrogen-bond acceptors (Lipinski definition) is 2. The molecule has 0 aromatic heterocycles. The zero-order chi connectivity index (χ0) is 14.5. The van der Waals surface area contributed by atoms with Gasteiger partial charge in [-0.25, -0.2) is 8.78 Å². The van der Waals surface area contributed by atoms with Crippen LogP contribution in [-0.2, 0) is 6.42 Å². The topological polar surface area (TPSA) is 26.0 Å². The standard InChI is InChI=1S/C15H14BrF2NS/c16-11-2-4-13(5-3-11)20-9-12(19)7-10-1-6-14(17)15(18)8-10/h1-6,8,12H,7,9,19H2. The quantitative estimate of drug-likeness (QED) is 0.803. The van der Waals surface area contributed by atoms with Crippen LogP contribution in [0.5, 0.6) is 0 Å². The van der Waals surface area contributed by atoms with Gasteiger partial charge in [0.25, 0.3) is 0 Å². The smallest absolute Gasteiger partial charge is 0.159 e. The highest BCUT2D eigenvalue weighted by Crippen LogP contribution is 2.21. The number of thioether (sulfide) groups is 1. The third kappa shape index (κ3) is 4.58. The van der Waals surface area contributed by atoms with Crippen LogP contribution in [0.2, 0.25) is 0 Å². The van der Waals surface area contributed by atoms with Gasteiger partial charge in [-0.05, 0) is 48.4 Å². The molecule has 1 atom stereocenters. The van der Waals surface area contributed by atoms with Crippen LogP contribution in [0.4, 0.5) is 8.78 Å². The number of benzene rings is 2. The van der Waals surface area contributed by atoms with Crippen molar-refractivity contribution in [1.29, 1.82) is 0 Å². The minimum absolute atomic E-state index is 0.103. The van der Waals surface area contributed by atoms with E-state index >= 15 is 0 Å². The van der Waals surface area contributed by atoms with Gasteiger partial charge in [0.05, 0.1) is 0 Å². The molecule has 0 fully saturated rings. The van der Waals surface area contributed by atoms with Crippen LogP contribution in [-0.4, -0.2) is 11.8 Å². The number of nitrogens with two attached hydrogens (primary N) is 1. The second-order valence-electron chi connectivity index (χ2n) is 4.48. The molecule has 0 aliphatic carbocycles. The fourth-order valence-electron chi connectivity index (χ4n) is 1.76. The summed E-state index contributed by atoms with van der Waals surface area (Å²) in [7, 11) is 0. The van der Waals surface area contributed by atoms with Crippen molar-refractivity contribution in [2.75, 3.05) is 5.75 Å². The van der Waals surface area contributed by atoms with Crippen molar-refractivity contribution in [2.45, 2.75) is 17.4 Å². The second-order valence-corrected chi connectivity index (χ2v) is 6.49. The fourth-order valence-corrected chi connectivity index (χ4v) is 2.88. The molecule has 0 amide bonds. The Kier molecular flexibility index (Phi) is 5.57. The second kappa shape index (κ2) is 7.20. The molecule has 2 aromatic rings. The van der Waals surface area contributed by atoms with Crippen LogP contribution >= 0.6 is 27.7 Å². The molecule has 0 radical (unpaired) electrons. The van der Waals surface area contributed by atoms with Gasteiger partial charge in [0, 0.05) is 21.2 Å². The van der Waals surface area contributed by atoms with Gasteiger partial charge in [-0.3, -0.25) is 0 Å². The molecule has 1 nitrogen and oxygen atoms in total. The van der Waals surface area contributed by atoms with E-state index in [4.69, 9.17) is 5.73 Å². The molecule has 1 unspecified atom stereocenters. The zero-order valence-corrected chi connectivity index (χ0v) is 13.1. The molecule has 2 N–H and O–H groups in total. The molecule has 20 heavy (non-hydrogen) atoms. The predicted octanol–water partition coefficient (Wildman–Crippen LogP) is 4.39. The minimum atomic E-state index is -0.827.